The lowest BCUT2D eigenvalue weighted by Crippen LogP contribution is -1.72. The maximum absolute atomic E-state index is 4.44. The number of allylic oxidation sites excluding steroid dienone is 2. The van der Waals surface area contributed by atoms with Gasteiger partial charge in [-0.2, -0.15) is 0 Å². The van der Waals surface area contributed by atoms with Gasteiger partial charge in [0.15, 0.2) is 0 Å². The summed E-state index contributed by atoms with van der Waals surface area (Å²) in [5.74, 6) is 0. The van der Waals surface area contributed by atoms with E-state index in [2.05, 4.69) is 32.4 Å². The molecule has 0 bridgehead atoms. The first-order chi connectivity index (χ1) is 6.74. The molecule has 0 amide bonds. The van der Waals surface area contributed by atoms with Crippen LogP contribution in [0.15, 0.2) is 36.8 Å². The Morgan fingerprint density at radius 1 is 1.07 bits per heavy atom. The third-order valence-electron chi connectivity index (χ3n) is 1.74. The standard InChI is InChI=1S/C12H12S2/c1-4-7-8-9-10(5-2)14-11(6-3)12(9)13/h4-8,13H,1-3H2/b8-7-. The normalized spacial score (nSPS) is 10.4. The molecule has 0 radical (unpaired) electrons. The highest BCUT2D eigenvalue weighted by Crippen LogP contribution is 2.34. The lowest BCUT2D eigenvalue weighted by molar-refractivity contribution is 1.52. The Morgan fingerprint density at radius 3 is 2.21 bits per heavy atom. The zero-order chi connectivity index (χ0) is 10.6. The van der Waals surface area contributed by atoms with Crippen LogP contribution in [-0.4, -0.2) is 0 Å². The molecule has 0 fully saturated rings. The van der Waals surface area contributed by atoms with E-state index in [1.807, 2.05) is 24.3 Å². The Morgan fingerprint density at radius 2 is 1.71 bits per heavy atom. The molecule has 0 saturated heterocycles. The van der Waals surface area contributed by atoms with E-state index in [9.17, 15) is 0 Å². The van der Waals surface area contributed by atoms with Gasteiger partial charge >= 0.3 is 0 Å². The quantitative estimate of drug-likeness (QED) is 0.559. The van der Waals surface area contributed by atoms with Crippen molar-refractivity contribution in [1.82, 2.24) is 0 Å². The van der Waals surface area contributed by atoms with Gasteiger partial charge in [-0.05, 0) is 0 Å². The van der Waals surface area contributed by atoms with Crippen LogP contribution in [0.5, 0.6) is 0 Å². The van der Waals surface area contributed by atoms with E-state index in [0.29, 0.717) is 0 Å². The van der Waals surface area contributed by atoms with Crippen LogP contribution in [-0.2, 0) is 0 Å². The van der Waals surface area contributed by atoms with Crippen molar-refractivity contribution in [1.29, 1.82) is 0 Å². The summed E-state index contributed by atoms with van der Waals surface area (Å²) in [7, 11) is 0. The van der Waals surface area contributed by atoms with Gasteiger partial charge in [-0.25, -0.2) is 0 Å². The van der Waals surface area contributed by atoms with E-state index in [4.69, 9.17) is 0 Å². The summed E-state index contributed by atoms with van der Waals surface area (Å²) >= 11 is 6.08. The Balaban J connectivity index is 3.30. The van der Waals surface area contributed by atoms with Gasteiger partial charge in [0.2, 0.25) is 0 Å². The minimum Gasteiger partial charge on any atom is -0.141 e. The molecule has 0 aromatic carbocycles. The fourth-order valence-corrected chi connectivity index (χ4v) is 2.48. The topological polar surface area (TPSA) is 0 Å². The minimum absolute atomic E-state index is 0.956. The molecule has 0 unspecified atom stereocenters. The third kappa shape index (κ3) is 2.08. The number of thiophene rings is 1. The van der Waals surface area contributed by atoms with Gasteiger partial charge in [0, 0.05) is 20.2 Å². The number of rotatable bonds is 4. The summed E-state index contributed by atoms with van der Waals surface area (Å²) in [6.45, 7) is 11.1. The highest BCUT2D eigenvalue weighted by atomic mass is 32.1. The molecule has 0 aliphatic heterocycles. The molecule has 1 aromatic heterocycles. The van der Waals surface area contributed by atoms with Crippen molar-refractivity contribution in [3.63, 3.8) is 0 Å². The second kappa shape index (κ2) is 5.03. The van der Waals surface area contributed by atoms with E-state index in [0.717, 1.165) is 20.2 Å². The van der Waals surface area contributed by atoms with Crippen molar-refractivity contribution in [2.24, 2.45) is 0 Å². The van der Waals surface area contributed by atoms with Crippen LogP contribution >= 0.6 is 24.0 Å². The van der Waals surface area contributed by atoms with Crippen LogP contribution in [0.1, 0.15) is 15.3 Å². The molecule has 2 heteroatoms. The van der Waals surface area contributed by atoms with Gasteiger partial charge in [0.1, 0.15) is 0 Å². The van der Waals surface area contributed by atoms with Crippen molar-refractivity contribution in [2.45, 2.75) is 4.90 Å². The summed E-state index contributed by atoms with van der Waals surface area (Å²) in [6.07, 6.45) is 9.26. The van der Waals surface area contributed by atoms with E-state index < -0.39 is 0 Å². The van der Waals surface area contributed by atoms with Crippen molar-refractivity contribution >= 4 is 42.2 Å². The molecular weight excluding hydrogens is 208 g/mol. The Kier molecular flexibility index (Phi) is 3.98. The molecule has 14 heavy (non-hydrogen) atoms. The highest BCUT2D eigenvalue weighted by Gasteiger charge is 2.08. The average molecular weight is 220 g/mol. The summed E-state index contributed by atoms with van der Waals surface area (Å²) < 4.78 is 0. The molecule has 1 aromatic rings. The fraction of sp³-hybridized carbons (Fsp3) is 0. The SMILES string of the molecule is C=C/C=C\c1c(C=C)sc(C=C)c1S. The van der Waals surface area contributed by atoms with Crippen LogP contribution in [0.25, 0.3) is 18.2 Å². The van der Waals surface area contributed by atoms with E-state index in [1.54, 1.807) is 17.4 Å². The molecule has 0 spiro atoms. The molecule has 0 atom stereocenters. The predicted octanol–water partition coefficient (Wildman–Crippen LogP) is 4.52. The number of hydrogen-bond acceptors (Lipinski definition) is 2. The number of hydrogen-bond donors (Lipinski definition) is 1. The monoisotopic (exact) mass is 220 g/mol. The zero-order valence-corrected chi connectivity index (χ0v) is 9.57. The molecular formula is C12H12S2. The predicted molar refractivity (Wildman–Crippen MR) is 71.0 cm³/mol. The molecule has 72 valence electrons. The molecule has 1 rings (SSSR count). The lowest BCUT2D eigenvalue weighted by atomic mass is 10.2. The largest absolute Gasteiger partial charge is 0.141 e. The second-order valence-electron chi connectivity index (χ2n) is 2.60. The molecule has 0 N–H and O–H groups in total. The van der Waals surface area contributed by atoms with Crippen LogP contribution in [0, 0.1) is 0 Å². The second-order valence-corrected chi connectivity index (χ2v) is 4.13. The average Bonchev–Trinajstić information content (AvgIpc) is 2.52. The Bertz CT molecular complexity index is 395. The van der Waals surface area contributed by atoms with Crippen molar-refractivity contribution in [3.05, 3.63) is 47.2 Å². The third-order valence-corrected chi connectivity index (χ3v) is 3.57. The van der Waals surface area contributed by atoms with Crippen LogP contribution < -0.4 is 0 Å². The lowest BCUT2D eigenvalue weighted by Gasteiger charge is -1.92. The van der Waals surface area contributed by atoms with Gasteiger partial charge in [-0.15, -0.1) is 24.0 Å². The first-order valence-electron chi connectivity index (χ1n) is 4.14. The molecule has 0 nitrogen and oxygen atoms in total. The maximum Gasteiger partial charge on any atom is 0.0410 e. The molecule has 1 heterocycles. The Labute approximate surface area is 94.4 Å². The van der Waals surface area contributed by atoms with Crippen LogP contribution in [0.3, 0.4) is 0 Å². The van der Waals surface area contributed by atoms with E-state index in [-0.39, 0.29) is 0 Å². The van der Waals surface area contributed by atoms with E-state index in [1.165, 1.54) is 0 Å². The van der Waals surface area contributed by atoms with Gasteiger partial charge in [-0.3, -0.25) is 0 Å². The molecule has 0 aliphatic carbocycles. The summed E-state index contributed by atoms with van der Waals surface area (Å²) in [6, 6.07) is 0. The van der Waals surface area contributed by atoms with Gasteiger partial charge < -0.3 is 0 Å². The van der Waals surface area contributed by atoms with Gasteiger partial charge in [-0.1, -0.05) is 50.1 Å². The summed E-state index contributed by atoms with van der Waals surface area (Å²) in [4.78, 5) is 3.15. The van der Waals surface area contributed by atoms with Gasteiger partial charge in [0.25, 0.3) is 0 Å². The van der Waals surface area contributed by atoms with Crippen LogP contribution in [0.2, 0.25) is 0 Å². The smallest absolute Gasteiger partial charge is 0.0410 e. The molecule has 0 aliphatic rings. The molecule has 0 saturated carbocycles. The van der Waals surface area contributed by atoms with Crippen molar-refractivity contribution in [2.75, 3.05) is 0 Å². The summed E-state index contributed by atoms with van der Waals surface area (Å²) in [5.41, 5.74) is 1.09. The van der Waals surface area contributed by atoms with Crippen LogP contribution in [0.4, 0.5) is 0 Å². The van der Waals surface area contributed by atoms with Crippen molar-refractivity contribution in [3.8, 4) is 0 Å². The summed E-state index contributed by atoms with van der Waals surface area (Å²) in [5, 5.41) is 0. The zero-order valence-electron chi connectivity index (χ0n) is 7.86. The van der Waals surface area contributed by atoms with Crippen molar-refractivity contribution < 1.29 is 0 Å². The van der Waals surface area contributed by atoms with Gasteiger partial charge in [0.05, 0.1) is 0 Å². The highest BCUT2D eigenvalue weighted by molar-refractivity contribution is 7.80. The maximum atomic E-state index is 4.44. The first kappa shape index (κ1) is 11.1. The minimum atomic E-state index is 0.956. The number of thiol groups is 1. The Hall–Kier alpha value is -0.990. The van der Waals surface area contributed by atoms with E-state index >= 15 is 0 Å². The first-order valence-corrected chi connectivity index (χ1v) is 5.40. The fourth-order valence-electron chi connectivity index (χ4n) is 1.09.